The maximum Gasteiger partial charge on any atom is 0.316 e. The number of hydrazone groups is 1. The normalized spacial score (nSPS) is 19.7. The lowest BCUT2D eigenvalue weighted by molar-refractivity contribution is -0.151. The van der Waals surface area contributed by atoms with E-state index in [9.17, 15) is 9.59 Å². The first kappa shape index (κ1) is 25.9. The van der Waals surface area contributed by atoms with Gasteiger partial charge in [0.25, 0.3) is 5.91 Å². The second-order valence-electron chi connectivity index (χ2n) is 9.54. The Morgan fingerprint density at radius 1 is 1.03 bits per heavy atom. The van der Waals surface area contributed by atoms with E-state index < -0.39 is 5.97 Å². The first-order valence-electron chi connectivity index (χ1n) is 12.8. The van der Waals surface area contributed by atoms with E-state index in [1.54, 1.807) is 0 Å². The molecule has 0 unspecified atom stereocenters. The minimum Gasteiger partial charge on any atom is -0.455 e. The summed E-state index contributed by atoms with van der Waals surface area (Å²) in [4.78, 5) is 34.5. The zero-order valence-electron chi connectivity index (χ0n) is 21.5. The van der Waals surface area contributed by atoms with Crippen molar-refractivity contribution >= 4 is 35.4 Å². The van der Waals surface area contributed by atoms with E-state index in [0.717, 1.165) is 53.1 Å². The second-order valence-corrected chi connectivity index (χ2v) is 10.5. The number of amides is 1. The molecule has 1 saturated carbocycles. The third-order valence-corrected chi connectivity index (χ3v) is 7.50. The summed E-state index contributed by atoms with van der Waals surface area (Å²) in [6, 6.07) is 21.8. The molecule has 38 heavy (non-hydrogen) atoms. The zero-order chi connectivity index (χ0) is 26.5. The molecular formula is C30H30N4O3S. The molecule has 3 aromatic rings. The van der Waals surface area contributed by atoms with Gasteiger partial charge in [-0.1, -0.05) is 72.4 Å². The van der Waals surface area contributed by atoms with Crippen LogP contribution in [0.4, 0.5) is 0 Å². The average Bonchev–Trinajstić information content (AvgIpc) is 3.32. The van der Waals surface area contributed by atoms with Crippen LogP contribution in [-0.4, -0.2) is 44.9 Å². The maximum absolute atomic E-state index is 13.4. The van der Waals surface area contributed by atoms with Gasteiger partial charge in [-0.2, -0.15) is 5.10 Å². The van der Waals surface area contributed by atoms with E-state index >= 15 is 0 Å². The van der Waals surface area contributed by atoms with Gasteiger partial charge in [0, 0.05) is 17.3 Å². The molecule has 1 aliphatic heterocycles. The van der Waals surface area contributed by atoms with E-state index in [-0.39, 0.29) is 30.2 Å². The van der Waals surface area contributed by atoms with Crippen molar-refractivity contribution in [2.75, 3.05) is 12.4 Å². The van der Waals surface area contributed by atoms with Crippen molar-refractivity contribution in [2.24, 2.45) is 11.0 Å². The highest BCUT2D eigenvalue weighted by atomic mass is 32.2. The van der Waals surface area contributed by atoms with Crippen molar-refractivity contribution in [3.63, 3.8) is 0 Å². The molecule has 1 aromatic heterocycles. The molecule has 0 spiro atoms. The highest BCUT2D eigenvalue weighted by molar-refractivity contribution is 7.99. The number of benzene rings is 2. The number of hydrogen-bond donors (Lipinski definition) is 0. The second kappa shape index (κ2) is 11.7. The Hall–Kier alpha value is -3.78. The van der Waals surface area contributed by atoms with Gasteiger partial charge in [-0.15, -0.1) is 0 Å². The van der Waals surface area contributed by atoms with Crippen molar-refractivity contribution in [3.8, 4) is 0 Å². The molecule has 0 N–H and O–H groups in total. The summed E-state index contributed by atoms with van der Waals surface area (Å²) < 4.78 is 5.37. The van der Waals surface area contributed by atoms with Crippen molar-refractivity contribution in [1.29, 1.82) is 0 Å². The van der Waals surface area contributed by atoms with Crippen LogP contribution in [0.1, 0.15) is 47.8 Å². The predicted octanol–water partition coefficient (Wildman–Crippen LogP) is 5.55. The lowest BCUT2D eigenvalue weighted by Crippen LogP contribution is -2.34. The summed E-state index contributed by atoms with van der Waals surface area (Å²) in [5.41, 5.74) is 5.93. The Morgan fingerprint density at radius 2 is 1.71 bits per heavy atom. The number of esters is 1. The Morgan fingerprint density at radius 3 is 2.42 bits per heavy atom. The first-order valence-corrected chi connectivity index (χ1v) is 13.8. The Kier molecular flexibility index (Phi) is 7.98. The standard InChI is InChI=1S/C30H30N4O3S/c1-20-16-21(2)32-30(31-20)38-19-27(36)37-18-26(35)34-29(23-12-7-4-8-13-23)25-15-9-14-24(28(25)33-34)17-22-10-5-3-6-11-22/h3-8,10-13,16-17,25,29H,9,14-15,18-19H2,1-2H3/b24-17+/t25-,29+/m0/s1. The van der Waals surface area contributed by atoms with Crippen LogP contribution in [0.5, 0.6) is 0 Å². The SMILES string of the molecule is Cc1cc(C)nc(SCC(=O)OCC(=O)N2N=C3/C(=C/c4ccccc4)CCC[C@@H]3[C@H]2c2ccccc2)n1. The first-order chi connectivity index (χ1) is 18.5. The molecule has 7 nitrogen and oxygen atoms in total. The van der Waals surface area contributed by atoms with Gasteiger partial charge in [0.2, 0.25) is 0 Å². The van der Waals surface area contributed by atoms with E-state index in [1.807, 2.05) is 68.4 Å². The van der Waals surface area contributed by atoms with Gasteiger partial charge in [0.1, 0.15) is 0 Å². The number of aryl methyl sites for hydroxylation is 2. The van der Waals surface area contributed by atoms with Crippen LogP contribution in [0.2, 0.25) is 0 Å². The van der Waals surface area contributed by atoms with Crippen molar-refractivity contribution < 1.29 is 14.3 Å². The van der Waals surface area contributed by atoms with Crippen LogP contribution in [0.15, 0.2) is 82.6 Å². The number of carbonyl (C=O) groups excluding carboxylic acids is 2. The summed E-state index contributed by atoms with van der Waals surface area (Å²) in [6.45, 7) is 3.40. The largest absolute Gasteiger partial charge is 0.455 e. The van der Waals surface area contributed by atoms with Crippen molar-refractivity contribution in [3.05, 3.63) is 94.8 Å². The van der Waals surface area contributed by atoms with Crippen molar-refractivity contribution in [1.82, 2.24) is 15.0 Å². The fourth-order valence-corrected chi connectivity index (χ4v) is 5.82. The smallest absolute Gasteiger partial charge is 0.316 e. The Bertz CT molecular complexity index is 1350. The zero-order valence-corrected chi connectivity index (χ0v) is 22.4. The molecular weight excluding hydrogens is 496 g/mol. The summed E-state index contributed by atoms with van der Waals surface area (Å²) in [5.74, 6) is -0.700. The lowest BCUT2D eigenvalue weighted by atomic mass is 9.77. The van der Waals surface area contributed by atoms with Gasteiger partial charge < -0.3 is 4.74 Å². The van der Waals surface area contributed by atoms with Crippen LogP contribution < -0.4 is 0 Å². The fraction of sp³-hybridized carbons (Fsp3) is 0.300. The third kappa shape index (κ3) is 6.02. The maximum atomic E-state index is 13.4. The minimum atomic E-state index is -0.490. The van der Waals surface area contributed by atoms with Gasteiger partial charge in [-0.3, -0.25) is 9.59 Å². The van der Waals surface area contributed by atoms with Gasteiger partial charge in [-0.25, -0.2) is 15.0 Å². The number of rotatable bonds is 7. The molecule has 2 atom stereocenters. The molecule has 2 aliphatic rings. The highest BCUT2D eigenvalue weighted by Crippen LogP contribution is 2.44. The average molecular weight is 527 g/mol. The highest BCUT2D eigenvalue weighted by Gasteiger charge is 2.43. The summed E-state index contributed by atoms with van der Waals surface area (Å²) in [5, 5.41) is 6.90. The van der Waals surface area contributed by atoms with Crippen molar-refractivity contribution in [2.45, 2.75) is 44.3 Å². The summed E-state index contributed by atoms with van der Waals surface area (Å²) in [6.07, 6.45) is 5.06. The molecule has 1 fully saturated rings. The van der Waals surface area contributed by atoms with E-state index in [2.05, 4.69) is 28.2 Å². The van der Waals surface area contributed by atoms with E-state index in [4.69, 9.17) is 9.84 Å². The molecule has 0 saturated heterocycles. The molecule has 0 bridgehead atoms. The number of nitrogens with zero attached hydrogens (tertiary/aromatic N) is 4. The van der Waals surface area contributed by atoms with E-state index in [1.165, 1.54) is 16.8 Å². The molecule has 5 rings (SSSR count). The Labute approximate surface area is 227 Å². The number of hydrogen-bond acceptors (Lipinski definition) is 7. The number of ether oxygens (including phenoxy) is 1. The minimum absolute atomic E-state index is 0.0272. The monoisotopic (exact) mass is 526 g/mol. The van der Waals surface area contributed by atoms with Gasteiger partial charge in [0.15, 0.2) is 11.8 Å². The van der Waals surface area contributed by atoms with Crippen LogP contribution >= 0.6 is 11.8 Å². The molecule has 0 radical (unpaired) electrons. The van der Waals surface area contributed by atoms with Crippen LogP contribution in [-0.2, 0) is 14.3 Å². The molecule has 8 heteroatoms. The number of fused-ring (bicyclic) bond motifs is 1. The molecule has 1 aliphatic carbocycles. The molecule has 1 amide bonds. The summed E-state index contributed by atoms with van der Waals surface area (Å²) in [7, 11) is 0. The van der Waals surface area contributed by atoms with Crippen LogP contribution in [0, 0.1) is 19.8 Å². The molecule has 2 heterocycles. The van der Waals surface area contributed by atoms with Crippen LogP contribution in [0.3, 0.4) is 0 Å². The Balaban J connectivity index is 1.31. The van der Waals surface area contributed by atoms with Gasteiger partial charge >= 0.3 is 5.97 Å². The van der Waals surface area contributed by atoms with Gasteiger partial charge in [0.05, 0.1) is 17.5 Å². The molecule has 2 aromatic carbocycles. The number of carbonyl (C=O) groups is 2. The number of aromatic nitrogens is 2. The topological polar surface area (TPSA) is 84.8 Å². The molecule has 194 valence electrons. The van der Waals surface area contributed by atoms with Gasteiger partial charge in [-0.05, 0) is 62.0 Å². The number of thioether (sulfide) groups is 1. The number of allylic oxidation sites excluding steroid dienone is 1. The fourth-order valence-electron chi connectivity index (χ4n) is 5.07. The third-order valence-electron chi connectivity index (χ3n) is 6.68. The lowest BCUT2D eigenvalue weighted by Gasteiger charge is -2.29. The van der Waals surface area contributed by atoms with E-state index in [0.29, 0.717) is 5.16 Å². The predicted molar refractivity (Wildman–Crippen MR) is 148 cm³/mol. The summed E-state index contributed by atoms with van der Waals surface area (Å²) >= 11 is 1.20. The quantitative estimate of drug-likeness (QED) is 0.228. The van der Waals surface area contributed by atoms with Crippen LogP contribution in [0.25, 0.3) is 6.08 Å².